The number of pyridine rings is 1. The minimum absolute atomic E-state index is 0.741. The molecule has 0 spiro atoms. The first-order valence-electron chi connectivity index (χ1n) is 4.37. The summed E-state index contributed by atoms with van der Waals surface area (Å²) in [6, 6.07) is 5.27. The van der Waals surface area contributed by atoms with Crippen molar-refractivity contribution in [2.75, 3.05) is 0 Å². The molecule has 0 saturated heterocycles. The molecule has 1 atom stereocenters. The maximum Gasteiger partial charge on any atom is 0.0975 e. The van der Waals surface area contributed by atoms with Gasteiger partial charge in [0.15, 0.2) is 0 Å². The third-order valence-electron chi connectivity index (χ3n) is 1.81. The molecule has 0 aliphatic rings. The van der Waals surface area contributed by atoms with Crippen LogP contribution in [0.4, 0.5) is 0 Å². The van der Waals surface area contributed by atoms with Crippen molar-refractivity contribution >= 4 is 16.9 Å². The van der Waals surface area contributed by atoms with Crippen molar-refractivity contribution in [2.45, 2.75) is 4.90 Å². The van der Waals surface area contributed by atoms with Gasteiger partial charge in [-0.15, -0.1) is 0 Å². The first-order chi connectivity index (χ1) is 7.36. The van der Waals surface area contributed by atoms with Gasteiger partial charge in [0.25, 0.3) is 0 Å². The predicted octanol–water partition coefficient (Wildman–Crippen LogP) is 2.45. The second-order valence-corrected chi connectivity index (χ2v) is 4.18. The normalized spacial score (nSPS) is 13.1. The van der Waals surface area contributed by atoms with Crippen LogP contribution in [0.15, 0.2) is 57.8 Å². The van der Waals surface area contributed by atoms with Crippen LogP contribution in [0, 0.1) is 0 Å². The Labute approximate surface area is 89.9 Å². The number of hydrogen-bond acceptors (Lipinski definition) is 3. The number of nitrogens with zero attached hydrogens (tertiary/aromatic N) is 1. The summed E-state index contributed by atoms with van der Waals surface area (Å²) in [6.45, 7) is 0. The molecule has 0 N–H and O–H groups in total. The third kappa shape index (κ3) is 2.63. The molecule has 2 aromatic heterocycles. The van der Waals surface area contributed by atoms with Gasteiger partial charge in [-0.25, -0.2) is 4.21 Å². The maximum atomic E-state index is 11.7. The van der Waals surface area contributed by atoms with Gasteiger partial charge >= 0.3 is 0 Å². The van der Waals surface area contributed by atoms with Crippen molar-refractivity contribution in [1.29, 1.82) is 0 Å². The Bertz CT molecular complexity index is 463. The highest BCUT2D eigenvalue weighted by Crippen LogP contribution is 2.08. The summed E-state index contributed by atoms with van der Waals surface area (Å²) in [6.07, 6.45) is 8.19. The van der Waals surface area contributed by atoms with E-state index >= 15 is 0 Å². The molecule has 2 heterocycles. The van der Waals surface area contributed by atoms with E-state index in [9.17, 15) is 4.21 Å². The molecule has 0 aliphatic heterocycles. The van der Waals surface area contributed by atoms with Crippen LogP contribution >= 0.6 is 0 Å². The van der Waals surface area contributed by atoms with Gasteiger partial charge in [0.2, 0.25) is 0 Å². The van der Waals surface area contributed by atoms with Gasteiger partial charge in [-0.1, -0.05) is 0 Å². The van der Waals surface area contributed by atoms with Gasteiger partial charge in [0.05, 0.1) is 23.3 Å². The molecule has 1 unspecified atom stereocenters. The average molecular weight is 219 g/mol. The summed E-state index contributed by atoms with van der Waals surface area (Å²) >= 11 is 0. The third-order valence-corrected chi connectivity index (χ3v) is 2.93. The van der Waals surface area contributed by atoms with E-state index < -0.39 is 10.8 Å². The lowest BCUT2D eigenvalue weighted by molar-refractivity contribution is 0.567. The molecule has 2 aromatic rings. The minimum Gasteiger partial charge on any atom is -0.472 e. The quantitative estimate of drug-likeness (QED) is 0.796. The summed E-state index contributed by atoms with van der Waals surface area (Å²) in [5.74, 6) is 0. The highest BCUT2D eigenvalue weighted by molar-refractivity contribution is 7.88. The predicted molar refractivity (Wildman–Crippen MR) is 58.4 cm³/mol. The van der Waals surface area contributed by atoms with Crippen molar-refractivity contribution in [3.05, 3.63) is 54.1 Å². The zero-order valence-corrected chi connectivity index (χ0v) is 8.68. The van der Waals surface area contributed by atoms with Crippen LogP contribution in [0.25, 0.3) is 6.08 Å². The van der Waals surface area contributed by atoms with Crippen LogP contribution in [0.3, 0.4) is 0 Å². The number of furan rings is 1. The van der Waals surface area contributed by atoms with Crippen molar-refractivity contribution in [3.63, 3.8) is 0 Å². The zero-order chi connectivity index (χ0) is 10.5. The molecule has 76 valence electrons. The monoisotopic (exact) mass is 219 g/mol. The first-order valence-corrected chi connectivity index (χ1v) is 5.58. The van der Waals surface area contributed by atoms with E-state index in [0.29, 0.717) is 0 Å². The van der Waals surface area contributed by atoms with Gasteiger partial charge in [0, 0.05) is 28.3 Å². The first kappa shape index (κ1) is 9.86. The lowest BCUT2D eigenvalue weighted by atomic mass is 10.3. The Hall–Kier alpha value is -1.68. The van der Waals surface area contributed by atoms with Gasteiger partial charge < -0.3 is 4.42 Å². The molecule has 0 fully saturated rings. The summed E-state index contributed by atoms with van der Waals surface area (Å²) in [5.41, 5.74) is 0.900. The van der Waals surface area contributed by atoms with Crippen molar-refractivity contribution < 1.29 is 8.63 Å². The van der Waals surface area contributed by atoms with E-state index in [4.69, 9.17) is 4.42 Å². The zero-order valence-electron chi connectivity index (χ0n) is 7.87. The molecule has 3 nitrogen and oxygen atoms in total. The lowest BCUT2D eigenvalue weighted by Crippen LogP contribution is -1.85. The molecule has 0 aromatic carbocycles. The molecule has 2 rings (SSSR count). The summed E-state index contributed by atoms with van der Waals surface area (Å²) in [4.78, 5) is 4.60. The van der Waals surface area contributed by atoms with Gasteiger partial charge in [0.1, 0.15) is 0 Å². The van der Waals surface area contributed by atoms with Crippen LogP contribution in [0.5, 0.6) is 0 Å². The van der Waals surface area contributed by atoms with E-state index in [0.717, 1.165) is 10.5 Å². The van der Waals surface area contributed by atoms with Crippen LogP contribution in [0.1, 0.15) is 5.56 Å². The summed E-state index contributed by atoms with van der Waals surface area (Å²) < 4.78 is 16.6. The van der Waals surface area contributed by atoms with E-state index in [2.05, 4.69) is 4.98 Å². The van der Waals surface area contributed by atoms with E-state index in [1.807, 2.05) is 0 Å². The molecular weight excluding hydrogens is 210 g/mol. The van der Waals surface area contributed by atoms with Crippen LogP contribution in [-0.4, -0.2) is 9.19 Å². The fraction of sp³-hybridized carbons (Fsp3) is 0. The second kappa shape index (κ2) is 4.70. The van der Waals surface area contributed by atoms with E-state index in [1.165, 1.54) is 0 Å². The Morgan fingerprint density at radius 2 is 2.07 bits per heavy atom. The minimum atomic E-state index is -1.13. The fourth-order valence-corrected chi connectivity index (χ4v) is 1.89. The molecule has 0 radical (unpaired) electrons. The summed E-state index contributed by atoms with van der Waals surface area (Å²) in [7, 11) is -1.13. The Kier molecular flexibility index (Phi) is 3.09. The average Bonchev–Trinajstić information content (AvgIpc) is 2.80. The molecular formula is C11H9NO2S. The molecule has 0 aliphatic carbocycles. The Balaban J connectivity index is 2.11. The smallest absolute Gasteiger partial charge is 0.0975 e. The number of hydrogen-bond donors (Lipinski definition) is 0. The molecule has 4 heteroatoms. The van der Waals surface area contributed by atoms with Gasteiger partial charge in [-0.3, -0.25) is 4.98 Å². The SMILES string of the molecule is O=S(/C=C/c1ccoc1)c1ccncc1. The second-order valence-electron chi connectivity index (χ2n) is 2.84. The maximum absolute atomic E-state index is 11.7. The fourth-order valence-electron chi connectivity index (χ4n) is 1.06. The number of rotatable bonds is 3. The van der Waals surface area contributed by atoms with Crippen molar-refractivity contribution in [2.24, 2.45) is 0 Å². The van der Waals surface area contributed by atoms with Gasteiger partial charge in [-0.2, -0.15) is 0 Å². The Morgan fingerprint density at radius 1 is 1.27 bits per heavy atom. The molecule has 15 heavy (non-hydrogen) atoms. The molecule has 0 saturated carbocycles. The highest BCUT2D eigenvalue weighted by Gasteiger charge is 1.97. The molecule has 0 amide bonds. The van der Waals surface area contributed by atoms with Crippen molar-refractivity contribution in [1.82, 2.24) is 4.98 Å². The standard InChI is InChI=1S/C11H9NO2S/c13-15(11-1-5-12-6-2-11)8-4-10-3-7-14-9-10/h1-9H/b8-4+. The lowest BCUT2D eigenvalue weighted by Gasteiger charge is -1.93. The van der Waals surface area contributed by atoms with E-state index in [-0.39, 0.29) is 0 Å². The highest BCUT2D eigenvalue weighted by atomic mass is 32.2. The van der Waals surface area contributed by atoms with E-state index in [1.54, 1.807) is 54.6 Å². The number of aromatic nitrogens is 1. The topological polar surface area (TPSA) is 43.1 Å². The van der Waals surface area contributed by atoms with Gasteiger partial charge in [-0.05, 0) is 24.3 Å². The largest absolute Gasteiger partial charge is 0.472 e. The van der Waals surface area contributed by atoms with Crippen molar-refractivity contribution in [3.8, 4) is 0 Å². The van der Waals surface area contributed by atoms with Crippen LogP contribution in [0.2, 0.25) is 0 Å². The Morgan fingerprint density at radius 3 is 2.73 bits per heavy atom. The summed E-state index contributed by atoms with van der Waals surface area (Å²) in [5, 5.41) is 1.63. The molecule has 0 bridgehead atoms. The van der Waals surface area contributed by atoms with Crippen LogP contribution in [-0.2, 0) is 10.8 Å². The van der Waals surface area contributed by atoms with Crippen LogP contribution < -0.4 is 0 Å².